The second-order valence-electron chi connectivity index (χ2n) is 5.85. The van der Waals surface area contributed by atoms with Crippen LogP contribution in [0, 0.1) is 11.8 Å². The third-order valence-corrected chi connectivity index (χ3v) is 4.38. The van der Waals surface area contributed by atoms with Crippen LogP contribution >= 0.6 is 0 Å². The lowest BCUT2D eigenvalue weighted by Crippen LogP contribution is -2.29. The van der Waals surface area contributed by atoms with E-state index in [4.69, 9.17) is 0 Å². The Morgan fingerprint density at radius 2 is 2.06 bits per heavy atom. The lowest BCUT2D eigenvalue weighted by Gasteiger charge is -2.27. The van der Waals surface area contributed by atoms with Crippen LogP contribution in [-0.2, 0) is 0 Å². The van der Waals surface area contributed by atoms with Gasteiger partial charge in [0.05, 0.1) is 11.7 Å². The Balaban J connectivity index is 2.47. The molecular weight excluding hydrogens is 212 g/mol. The molecule has 0 aliphatic heterocycles. The first-order valence-corrected chi connectivity index (χ1v) is 6.49. The van der Waals surface area contributed by atoms with E-state index < -0.39 is 11.7 Å². The summed E-state index contributed by atoms with van der Waals surface area (Å²) in [5.74, 6) is 0.652. The van der Waals surface area contributed by atoms with Crippen molar-refractivity contribution in [2.75, 3.05) is 0 Å². The Bertz CT molecular complexity index is 304. The number of allylic oxidation sites excluding steroid dienone is 1. The van der Waals surface area contributed by atoms with Gasteiger partial charge in [-0.25, -0.2) is 0 Å². The molecule has 98 valence electrons. The largest absolute Gasteiger partial charge is 0.390 e. The van der Waals surface area contributed by atoms with Crippen molar-refractivity contribution in [2.24, 2.45) is 11.8 Å². The van der Waals surface area contributed by atoms with Gasteiger partial charge in [0.25, 0.3) is 0 Å². The Kier molecular flexibility index (Phi) is 4.56. The maximum atomic E-state index is 10.1. The summed E-state index contributed by atoms with van der Waals surface area (Å²) in [6.45, 7) is 13.7. The molecule has 1 unspecified atom stereocenters. The number of aliphatic hydroxyl groups is 2. The highest BCUT2D eigenvalue weighted by molar-refractivity contribution is 5.10. The number of rotatable bonds is 5. The Hall–Kier alpha value is -0.600. The van der Waals surface area contributed by atoms with E-state index in [1.54, 1.807) is 0 Å². The minimum absolute atomic E-state index is 0.261. The fourth-order valence-corrected chi connectivity index (χ4v) is 2.67. The molecule has 0 amide bonds. The molecule has 2 heteroatoms. The molecule has 17 heavy (non-hydrogen) atoms. The van der Waals surface area contributed by atoms with Crippen molar-refractivity contribution in [3.63, 3.8) is 0 Å². The first-order chi connectivity index (χ1) is 7.75. The van der Waals surface area contributed by atoms with Crippen LogP contribution in [0.5, 0.6) is 0 Å². The summed E-state index contributed by atoms with van der Waals surface area (Å²) < 4.78 is 0. The molecule has 1 rings (SSSR count). The van der Waals surface area contributed by atoms with Crippen LogP contribution in [0.3, 0.4) is 0 Å². The lowest BCUT2D eigenvalue weighted by atomic mass is 9.83. The molecule has 0 heterocycles. The van der Waals surface area contributed by atoms with Crippen molar-refractivity contribution >= 4 is 0 Å². The first-order valence-electron chi connectivity index (χ1n) is 6.49. The maximum absolute atomic E-state index is 10.1. The molecule has 1 saturated carbocycles. The molecule has 4 atom stereocenters. The smallest absolute Gasteiger partial charge is 0.0747 e. The zero-order valence-corrected chi connectivity index (χ0v) is 11.4. The standard InChI is InChI=1S/C15H26O2/c1-10(2)14(16)7-6-11(3)13-8-9-15(5,17)12(13)4/h12-14,16-17H,1,3,6-9H2,2,4-5H3/t12-,13-,14?,15+/m1/s1. The van der Waals surface area contributed by atoms with E-state index in [-0.39, 0.29) is 5.92 Å². The molecule has 0 aromatic carbocycles. The van der Waals surface area contributed by atoms with Crippen molar-refractivity contribution in [3.8, 4) is 0 Å². The zero-order chi connectivity index (χ0) is 13.2. The Morgan fingerprint density at radius 3 is 2.47 bits per heavy atom. The van der Waals surface area contributed by atoms with Gasteiger partial charge in [-0.1, -0.05) is 31.2 Å². The molecule has 0 aromatic rings. The van der Waals surface area contributed by atoms with Crippen LogP contribution in [0.4, 0.5) is 0 Å². The molecule has 0 radical (unpaired) electrons. The molecule has 0 bridgehead atoms. The van der Waals surface area contributed by atoms with E-state index in [0.717, 1.165) is 30.4 Å². The van der Waals surface area contributed by atoms with Gasteiger partial charge in [0.1, 0.15) is 0 Å². The predicted molar refractivity (Wildman–Crippen MR) is 71.7 cm³/mol. The van der Waals surface area contributed by atoms with Crippen LogP contribution in [0.15, 0.2) is 24.3 Å². The summed E-state index contributed by atoms with van der Waals surface area (Å²) in [6.07, 6.45) is 2.94. The SMILES string of the molecule is C=C(C)C(O)CCC(=C)[C@H]1CC[C@](C)(O)[C@@H]1C. The molecular formula is C15H26O2. The molecule has 0 spiro atoms. The van der Waals surface area contributed by atoms with E-state index in [1.807, 2.05) is 13.8 Å². The summed E-state index contributed by atoms with van der Waals surface area (Å²) in [5, 5.41) is 19.8. The van der Waals surface area contributed by atoms with Crippen molar-refractivity contribution in [2.45, 2.75) is 58.2 Å². The molecule has 2 N–H and O–H groups in total. The van der Waals surface area contributed by atoms with Crippen LogP contribution in [0.2, 0.25) is 0 Å². The predicted octanol–water partition coefficient (Wildman–Crippen LogP) is 3.06. The second-order valence-corrected chi connectivity index (χ2v) is 5.85. The minimum Gasteiger partial charge on any atom is -0.390 e. The maximum Gasteiger partial charge on any atom is 0.0747 e. The van der Waals surface area contributed by atoms with Crippen LogP contribution in [0.25, 0.3) is 0 Å². The van der Waals surface area contributed by atoms with Gasteiger partial charge in [-0.3, -0.25) is 0 Å². The van der Waals surface area contributed by atoms with Crippen molar-refractivity contribution in [1.29, 1.82) is 0 Å². The monoisotopic (exact) mass is 238 g/mol. The van der Waals surface area contributed by atoms with E-state index in [0.29, 0.717) is 12.3 Å². The van der Waals surface area contributed by atoms with Gasteiger partial charge in [0.2, 0.25) is 0 Å². The van der Waals surface area contributed by atoms with Gasteiger partial charge < -0.3 is 10.2 Å². The van der Waals surface area contributed by atoms with E-state index >= 15 is 0 Å². The highest BCUT2D eigenvalue weighted by Gasteiger charge is 2.41. The third kappa shape index (κ3) is 3.43. The van der Waals surface area contributed by atoms with Gasteiger partial charge in [-0.2, -0.15) is 0 Å². The van der Waals surface area contributed by atoms with Crippen LogP contribution < -0.4 is 0 Å². The summed E-state index contributed by atoms with van der Waals surface area (Å²) >= 11 is 0. The fraction of sp³-hybridized carbons (Fsp3) is 0.733. The van der Waals surface area contributed by atoms with Gasteiger partial charge in [0, 0.05) is 0 Å². The highest BCUT2D eigenvalue weighted by Crippen LogP contribution is 2.44. The topological polar surface area (TPSA) is 40.5 Å². The Labute approximate surface area is 105 Å². The molecule has 1 fully saturated rings. The molecule has 1 aliphatic carbocycles. The average molecular weight is 238 g/mol. The van der Waals surface area contributed by atoms with Gasteiger partial charge in [0.15, 0.2) is 0 Å². The normalized spacial score (nSPS) is 34.6. The third-order valence-electron chi connectivity index (χ3n) is 4.38. The molecule has 2 nitrogen and oxygen atoms in total. The highest BCUT2D eigenvalue weighted by atomic mass is 16.3. The van der Waals surface area contributed by atoms with Gasteiger partial charge >= 0.3 is 0 Å². The summed E-state index contributed by atoms with van der Waals surface area (Å²) in [6, 6.07) is 0. The van der Waals surface area contributed by atoms with Gasteiger partial charge in [-0.05, 0) is 51.4 Å². The van der Waals surface area contributed by atoms with Crippen LogP contribution in [0.1, 0.15) is 46.5 Å². The van der Waals surface area contributed by atoms with Crippen molar-refractivity contribution in [3.05, 3.63) is 24.3 Å². The zero-order valence-electron chi connectivity index (χ0n) is 11.4. The van der Waals surface area contributed by atoms with Crippen molar-refractivity contribution < 1.29 is 10.2 Å². The second kappa shape index (κ2) is 5.36. The summed E-state index contributed by atoms with van der Waals surface area (Å²) in [5.41, 5.74) is 1.42. The van der Waals surface area contributed by atoms with Crippen molar-refractivity contribution in [1.82, 2.24) is 0 Å². The number of hydrogen-bond donors (Lipinski definition) is 2. The number of hydrogen-bond acceptors (Lipinski definition) is 2. The molecule has 1 aliphatic rings. The van der Waals surface area contributed by atoms with Crippen LogP contribution in [-0.4, -0.2) is 21.9 Å². The summed E-state index contributed by atoms with van der Waals surface area (Å²) in [4.78, 5) is 0. The number of aliphatic hydroxyl groups excluding tert-OH is 1. The average Bonchev–Trinajstić information content (AvgIpc) is 2.50. The van der Waals surface area contributed by atoms with E-state index in [2.05, 4.69) is 20.1 Å². The summed E-state index contributed by atoms with van der Waals surface area (Å²) in [7, 11) is 0. The Morgan fingerprint density at radius 1 is 1.47 bits per heavy atom. The molecule has 0 saturated heterocycles. The first kappa shape index (κ1) is 14.5. The quantitative estimate of drug-likeness (QED) is 0.723. The fourth-order valence-electron chi connectivity index (χ4n) is 2.67. The lowest BCUT2D eigenvalue weighted by molar-refractivity contribution is 0.0213. The van der Waals surface area contributed by atoms with E-state index in [9.17, 15) is 10.2 Å². The van der Waals surface area contributed by atoms with E-state index in [1.165, 1.54) is 0 Å². The van der Waals surface area contributed by atoms with Gasteiger partial charge in [-0.15, -0.1) is 0 Å². The minimum atomic E-state index is -0.555. The molecule has 0 aromatic heterocycles.